The first-order chi connectivity index (χ1) is 9.22. The van der Waals surface area contributed by atoms with Crippen LogP contribution in [0.4, 0.5) is 4.79 Å². The maximum Gasteiger partial charge on any atom is 0.407 e. The van der Waals surface area contributed by atoms with Crippen molar-refractivity contribution in [2.45, 2.75) is 5.03 Å². The molecular weight excluding hydrogens is 288 g/mol. The van der Waals surface area contributed by atoms with Crippen LogP contribution in [-0.2, 0) is 14.3 Å². The number of nitrogens with one attached hydrogen (secondary N) is 1. The summed E-state index contributed by atoms with van der Waals surface area (Å²) >= 11 is 0. The van der Waals surface area contributed by atoms with Crippen molar-refractivity contribution in [3.05, 3.63) is 24.4 Å². The molecule has 0 bridgehead atoms. The van der Waals surface area contributed by atoms with Crippen LogP contribution in [0.15, 0.2) is 29.4 Å². The Kier molecular flexibility index (Phi) is 7.83. The number of methoxy groups -OCH3 is 1. The van der Waals surface area contributed by atoms with Crippen molar-refractivity contribution in [3.63, 3.8) is 0 Å². The second-order valence-corrected chi connectivity index (χ2v) is 5.57. The molecule has 0 radical (unpaired) electrons. The smallest absolute Gasteiger partial charge is 0.407 e. The molecule has 104 valence electrons. The van der Waals surface area contributed by atoms with Gasteiger partial charge in [0.25, 0.3) is 0 Å². The first-order valence-corrected chi connectivity index (χ1v) is 7.72. The van der Waals surface area contributed by atoms with E-state index in [4.69, 9.17) is 4.74 Å². The molecule has 0 unspecified atom stereocenters. The van der Waals surface area contributed by atoms with Gasteiger partial charge in [0.2, 0.25) is 0 Å². The second-order valence-electron chi connectivity index (χ2n) is 3.14. The predicted molar refractivity (Wildman–Crippen MR) is 73.9 cm³/mol. The van der Waals surface area contributed by atoms with Gasteiger partial charge in [-0.05, 0) is 22.9 Å². The molecule has 0 aromatic carbocycles. The fourth-order valence-corrected chi connectivity index (χ4v) is 2.64. The molecule has 0 atom stereocenters. The lowest BCUT2D eigenvalue weighted by Crippen LogP contribution is -2.31. The van der Waals surface area contributed by atoms with Crippen LogP contribution in [0, 0.1) is 0 Å². The molecular formula is C11H14N2O4S2. The lowest BCUT2D eigenvalue weighted by Gasteiger charge is -2.05. The van der Waals surface area contributed by atoms with Crippen LogP contribution in [0.25, 0.3) is 0 Å². The van der Waals surface area contributed by atoms with Crippen molar-refractivity contribution in [1.82, 2.24) is 10.3 Å². The molecule has 0 aliphatic rings. The van der Waals surface area contributed by atoms with Gasteiger partial charge in [-0.25, -0.2) is 9.78 Å². The Bertz CT molecular complexity index is 403. The van der Waals surface area contributed by atoms with Gasteiger partial charge in [0.05, 0.1) is 7.11 Å². The third-order valence-electron chi connectivity index (χ3n) is 1.79. The molecule has 1 aromatic heterocycles. The molecule has 1 aromatic rings. The number of aromatic nitrogens is 1. The van der Waals surface area contributed by atoms with Gasteiger partial charge >= 0.3 is 12.1 Å². The lowest BCUT2D eigenvalue weighted by atomic mass is 10.5. The standard InChI is InChI=1S/C11H14N2O4S2/c1-16-10(14)8-13-11(15)17-6-7-18-19-9-4-2-3-5-12-9/h2-5H,6-8H2,1H3,(H,13,15). The van der Waals surface area contributed by atoms with E-state index in [1.165, 1.54) is 28.7 Å². The van der Waals surface area contributed by atoms with Gasteiger partial charge < -0.3 is 14.8 Å². The summed E-state index contributed by atoms with van der Waals surface area (Å²) in [5, 5.41) is 3.18. The van der Waals surface area contributed by atoms with Gasteiger partial charge in [-0.2, -0.15) is 0 Å². The number of hydrogen-bond acceptors (Lipinski definition) is 7. The third-order valence-corrected chi connectivity index (χ3v) is 4.02. The predicted octanol–water partition coefficient (Wildman–Crippen LogP) is 1.72. The number of carbonyl (C=O) groups is 2. The molecule has 0 fully saturated rings. The highest BCUT2D eigenvalue weighted by atomic mass is 33.1. The molecule has 8 heteroatoms. The minimum atomic E-state index is -0.631. The van der Waals surface area contributed by atoms with E-state index >= 15 is 0 Å². The zero-order chi connectivity index (χ0) is 13.9. The number of ether oxygens (including phenoxy) is 2. The summed E-state index contributed by atoms with van der Waals surface area (Å²) in [4.78, 5) is 26.0. The van der Waals surface area contributed by atoms with Crippen LogP contribution in [0.3, 0.4) is 0 Å². The van der Waals surface area contributed by atoms with Gasteiger partial charge in [0, 0.05) is 11.9 Å². The highest BCUT2D eigenvalue weighted by molar-refractivity contribution is 8.76. The highest BCUT2D eigenvalue weighted by Crippen LogP contribution is 2.28. The van der Waals surface area contributed by atoms with Crippen LogP contribution in [0.2, 0.25) is 0 Å². The van der Waals surface area contributed by atoms with E-state index in [1.807, 2.05) is 18.2 Å². The van der Waals surface area contributed by atoms with Crippen molar-refractivity contribution in [2.24, 2.45) is 0 Å². The fourth-order valence-electron chi connectivity index (χ4n) is 0.934. The van der Waals surface area contributed by atoms with Crippen LogP contribution in [0.1, 0.15) is 0 Å². The topological polar surface area (TPSA) is 77.5 Å². The largest absolute Gasteiger partial charge is 0.468 e. The van der Waals surface area contributed by atoms with Crippen molar-refractivity contribution in [1.29, 1.82) is 0 Å². The number of pyridine rings is 1. The van der Waals surface area contributed by atoms with E-state index in [1.54, 1.807) is 6.20 Å². The lowest BCUT2D eigenvalue weighted by molar-refractivity contribution is -0.139. The third kappa shape index (κ3) is 7.58. The second kappa shape index (κ2) is 9.51. The summed E-state index contributed by atoms with van der Waals surface area (Å²) in [6.45, 7) is 0.0721. The number of alkyl carbamates (subject to hydrolysis) is 1. The number of carbonyl (C=O) groups excluding carboxylic acids is 2. The van der Waals surface area contributed by atoms with E-state index in [0.717, 1.165) is 5.03 Å². The van der Waals surface area contributed by atoms with E-state index in [-0.39, 0.29) is 13.2 Å². The maximum absolute atomic E-state index is 11.1. The summed E-state index contributed by atoms with van der Waals surface area (Å²) in [5.74, 6) is 0.115. The first-order valence-electron chi connectivity index (χ1n) is 5.40. The average molecular weight is 302 g/mol. The van der Waals surface area contributed by atoms with Gasteiger partial charge in [-0.15, -0.1) is 0 Å². The Labute approximate surface area is 119 Å². The summed E-state index contributed by atoms with van der Waals surface area (Å²) in [6, 6.07) is 5.66. The SMILES string of the molecule is COC(=O)CNC(=O)OCCSSc1ccccn1. The Morgan fingerprint density at radius 3 is 2.95 bits per heavy atom. The first kappa shape index (κ1) is 15.6. The van der Waals surface area contributed by atoms with Crippen molar-refractivity contribution < 1.29 is 19.1 Å². The van der Waals surface area contributed by atoms with E-state index < -0.39 is 12.1 Å². The van der Waals surface area contributed by atoms with Gasteiger partial charge in [0.1, 0.15) is 18.2 Å². The Morgan fingerprint density at radius 2 is 2.26 bits per heavy atom. The number of nitrogens with zero attached hydrogens (tertiary/aromatic N) is 1. The van der Waals surface area contributed by atoms with E-state index in [2.05, 4.69) is 15.0 Å². The molecule has 1 heterocycles. The van der Waals surface area contributed by atoms with Crippen LogP contribution in [-0.4, -0.2) is 43.1 Å². The molecule has 0 aliphatic heterocycles. The number of rotatable bonds is 7. The van der Waals surface area contributed by atoms with Gasteiger partial charge in [0.15, 0.2) is 0 Å². The van der Waals surface area contributed by atoms with Gasteiger partial charge in [-0.1, -0.05) is 16.9 Å². The monoisotopic (exact) mass is 302 g/mol. The molecule has 1 N–H and O–H groups in total. The number of hydrogen-bond donors (Lipinski definition) is 1. The molecule has 1 amide bonds. The van der Waals surface area contributed by atoms with Gasteiger partial charge in [-0.3, -0.25) is 4.79 Å². The average Bonchev–Trinajstić information content (AvgIpc) is 2.45. The minimum absolute atomic E-state index is 0.189. The van der Waals surface area contributed by atoms with Crippen LogP contribution >= 0.6 is 21.6 Å². The summed E-state index contributed by atoms with van der Waals surface area (Å²) in [7, 11) is 4.30. The maximum atomic E-state index is 11.1. The quantitative estimate of drug-likeness (QED) is 0.467. The number of esters is 1. The zero-order valence-electron chi connectivity index (χ0n) is 10.3. The Hall–Kier alpha value is -1.41. The summed E-state index contributed by atoms with van der Waals surface area (Å²) in [6.07, 6.45) is 1.09. The molecule has 0 aliphatic carbocycles. The zero-order valence-corrected chi connectivity index (χ0v) is 12.0. The summed E-state index contributed by atoms with van der Waals surface area (Å²) < 4.78 is 9.23. The molecule has 0 saturated carbocycles. The van der Waals surface area contributed by atoms with Crippen LogP contribution in [0.5, 0.6) is 0 Å². The normalized spacial score (nSPS) is 9.74. The molecule has 1 rings (SSSR count). The molecule has 0 saturated heterocycles. The minimum Gasteiger partial charge on any atom is -0.468 e. The Balaban J connectivity index is 2.01. The Morgan fingerprint density at radius 1 is 1.42 bits per heavy atom. The molecule has 0 spiro atoms. The van der Waals surface area contributed by atoms with E-state index in [0.29, 0.717) is 5.75 Å². The van der Waals surface area contributed by atoms with Crippen molar-refractivity contribution in [2.75, 3.05) is 26.0 Å². The van der Waals surface area contributed by atoms with Crippen molar-refractivity contribution in [3.8, 4) is 0 Å². The number of amides is 1. The van der Waals surface area contributed by atoms with E-state index in [9.17, 15) is 9.59 Å². The highest BCUT2D eigenvalue weighted by Gasteiger charge is 2.05. The fraction of sp³-hybridized carbons (Fsp3) is 0.364. The van der Waals surface area contributed by atoms with Crippen LogP contribution < -0.4 is 5.32 Å². The van der Waals surface area contributed by atoms with Crippen molar-refractivity contribution >= 4 is 33.7 Å². The molecule has 6 nitrogen and oxygen atoms in total. The molecule has 19 heavy (non-hydrogen) atoms. The summed E-state index contributed by atoms with van der Waals surface area (Å²) in [5.41, 5.74) is 0.